The second-order valence-corrected chi connectivity index (χ2v) is 4.16. The number of nitrogens with zero attached hydrogens (tertiary/aromatic N) is 4. The maximum Gasteiger partial charge on any atom is 0.151 e. The summed E-state index contributed by atoms with van der Waals surface area (Å²) in [4.78, 5) is 0. The fourth-order valence-corrected chi connectivity index (χ4v) is 1.73. The molecule has 0 saturated heterocycles. The molecule has 0 aliphatic carbocycles. The first-order valence-corrected chi connectivity index (χ1v) is 6.44. The van der Waals surface area contributed by atoms with Crippen molar-refractivity contribution in [1.29, 1.82) is 0 Å². The summed E-state index contributed by atoms with van der Waals surface area (Å²) in [5.74, 6) is 1.72. The van der Waals surface area contributed by atoms with E-state index in [1.807, 2.05) is 30.3 Å². The lowest BCUT2D eigenvalue weighted by atomic mass is 10.3. The number of tetrazole rings is 1. The van der Waals surface area contributed by atoms with Crippen LogP contribution >= 0.6 is 0 Å². The van der Waals surface area contributed by atoms with E-state index in [4.69, 9.17) is 9.84 Å². The highest BCUT2D eigenvalue weighted by Crippen LogP contribution is 2.09. The van der Waals surface area contributed by atoms with Gasteiger partial charge in [0.05, 0.1) is 6.61 Å². The van der Waals surface area contributed by atoms with Gasteiger partial charge in [-0.2, -0.15) is 0 Å². The molecule has 0 atom stereocenters. The maximum absolute atomic E-state index is 8.79. The van der Waals surface area contributed by atoms with E-state index in [1.165, 1.54) is 0 Å². The van der Waals surface area contributed by atoms with Crippen LogP contribution in [0.15, 0.2) is 30.3 Å². The van der Waals surface area contributed by atoms with Gasteiger partial charge in [0.25, 0.3) is 0 Å². The fourth-order valence-electron chi connectivity index (χ4n) is 1.73. The molecule has 0 saturated carbocycles. The van der Waals surface area contributed by atoms with Gasteiger partial charge in [-0.05, 0) is 35.4 Å². The largest absolute Gasteiger partial charge is 0.494 e. The van der Waals surface area contributed by atoms with Crippen molar-refractivity contribution in [3.05, 3.63) is 36.2 Å². The van der Waals surface area contributed by atoms with Gasteiger partial charge < -0.3 is 9.84 Å². The van der Waals surface area contributed by atoms with E-state index in [2.05, 4.69) is 15.5 Å². The number of hydrogen-bond donors (Lipinski definition) is 1. The number of aliphatic hydroxyl groups excluding tert-OH is 1. The molecule has 0 fully saturated rings. The van der Waals surface area contributed by atoms with Gasteiger partial charge >= 0.3 is 0 Å². The topological polar surface area (TPSA) is 73.1 Å². The van der Waals surface area contributed by atoms with E-state index in [-0.39, 0.29) is 6.61 Å². The molecule has 1 aromatic heterocycles. The highest BCUT2D eigenvalue weighted by molar-refractivity contribution is 5.20. The first kappa shape index (κ1) is 13.5. The molecule has 0 aliphatic rings. The summed E-state index contributed by atoms with van der Waals surface area (Å²) in [6, 6.07) is 9.73. The summed E-state index contributed by atoms with van der Waals surface area (Å²) in [6.45, 7) is 1.44. The van der Waals surface area contributed by atoms with Crippen molar-refractivity contribution in [3.8, 4) is 5.75 Å². The molecule has 6 heteroatoms. The van der Waals surface area contributed by atoms with Gasteiger partial charge in [-0.3, -0.25) is 0 Å². The van der Waals surface area contributed by atoms with Crippen LogP contribution in [0.25, 0.3) is 0 Å². The number of benzene rings is 1. The quantitative estimate of drug-likeness (QED) is 0.720. The normalized spacial score (nSPS) is 10.6. The monoisotopic (exact) mass is 262 g/mol. The van der Waals surface area contributed by atoms with Crippen molar-refractivity contribution >= 4 is 0 Å². The first-order chi connectivity index (χ1) is 9.40. The Labute approximate surface area is 112 Å². The molecule has 102 valence electrons. The molecular formula is C13H18N4O2. The summed E-state index contributed by atoms with van der Waals surface area (Å²) in [6.07, 6.45) is 2.29. The molecule has 6 nitrogen and oxygen atoms in total. The molecule has 0 unspecified atom stereocenters. The van der Waals surface area contributed by atoms with Gasteiger partial charge in [-0.25, -0.2) is 4.68 Å². The summed E-state index contributed by atoms with van der Waals surface area (Å²) < 4.78 is 7.34. The summed E-state index contributed by atoms with van der Waals surface area (Å²) >= 11 is 0. The third kappa shape index (κ3) is 4.33. The smallest absolute Gasteiger partial charge is 0.151 e. The molecular weight excluding hydrogens is 244 g/mol. The Balaban J connectivity index is 1.72. The minimum atomic E-state index is 0.149. The van der Waals surface area contributed by atoms with Crippen LogP contribution in [0, 0.1) is 0 Å². The number of para-hydroxylation sites is 1. The Morgan fingerprint density at radius 1 is 1.16 bits per heavy atom. The standard InChI is InChI=1S/C13H18N4O2/c18-10-5-9-17-13(14-15-16-17)8-4-11-19-12-6-2-1-3-7-12/h1-3,6-7,18H,4-5,8-11H2. The van der Waals surface area contributed by atoms with E-state index in [0.29, 0.717) is 19.6 Å². The molecule has 19 heavy (non-hydrogen) atoms. The lowest BCUT2D eigenvalue weighted by Crippen LogP contribution is -2.09. The Kier molecular flexibility index (Phi) is 5.31. The summed E-state index contributed by atoms with van der Waals surface area (Å²) in [5, 5.41) is 20.3. The molecule has 0 amide bonds. The highest BCUT2D eigenvalue weighted by atomic mass is 16.5. The van der Waals surface area contributed by atoms with Gasteiger partial charge in [-0.1, -0.05) is 18.2 Å². The minimum Gasteiger partial charge on any atom is -0.494 e. The zero-order chi connectivity index (χ0) is 13.3. The number of aromatic nitrogens is 4. The molecule has 0 radical (unpaired) electrons. The van der Waals surface area contributed by atoms with E-state index in [1.54, 1.807) is 4.68 Å². The average molecular weight is 262 g/mol. The van der Waals surface area contributed by atoms with Crippen LogP contribution < -0.4 is 4.74 Å². The second-order valence-electron chi connectivity index (χ2n) is 4.16. The number of rotatable bonds is 8. The van der Waals surface area contributed by atoms with Crippen LogP contribution in [0.2, 0.25) is 0 Å². The maximum atomic E-state index is 8.79. The van der Waals surface area contributed by atoms with Gasteiger partial charge in [0.1, 0.15) is 5.75 Å². The molecule has 0 bridgehead atoms. The number of aryl methyl sites for hydroxylation is 2. The van der Waals surface area contributed by atoms with E-state index < -0.39 is 0 Å². The summed E-state index contributed by atoms with van der Waals surface area (Å²) in [7, 11) is 0. The number of hydrogen-bond acceptors (Lipinski definition) is 5. The molecule has 1 N–H and O–H groups in total. The fraction of sp³-hybridized carbons (Fsp3) is 0.462. The van der Waals surface area contributed by atoms with Gasteiger partial charge in [0.15, 0.2) is 5.82 Å². The second kappa shape index (κ2) is 7.48. The third-order valence-corrected chi connectivity index (χ3v) is 2.69. The molecule has 1 heterocycles. The third-order valence-electron chi connectivity index (χ3n) is 2.69. The van der Waals surface area contributed by atoms with Crippen molar-refractivity contribution < 1.29 is 9.84 Å². The van der Waals surface area contributed by atoms with Crippen molar-refractivity contribution in [1.82, 2.24) is 20.2 Å². The lowest BCUT2D eigenvalue weighted by Gasteiger charge is -2.06. The van der Waals surface area contributed by atoms with Gasteiger partial charge in [0, 0.05) is 19.6 Å². The number of aliphatic hydroxyl groups is 1. The molecule has 0 aliphatic heterocycles. The molecule has 2 aromatic rings. The summed E-state index contributed by atoms with van der Waals surface area (Å²) in [5.41, 5.74) is 0. The van der Waals surface area contributed by atoms with E-state index in [9.17, 15) is 0 Å². The lowest BCUT2D eigenvalue weighted by molar-refractivity contribution is 0.274. The zero-order valence-corrected chi connectivity index (χ0v) is 10.8. The van der Waals surface area contributed by atoms with Crippen molar-refractivity contribution in [2.75, 3.05) is 13.2 Å². The van der Waals surface area contributed by atoms with Gasteiger partial charge in [-0.15, -0.1) is 5.10 Å². The Hall–Kier alpha value is -1.95. The van der Waals surface area contributed by atoms with Crippen molar-refractivity contribution in [2.24, 2.45) is 0 Å². The van der Waals surface area contributed by atoms with Crippen molar-refractivity contribution in [2.45, 2.75) is 25.8 Å². The Morgan fingerprint density at radius 2 is 2.00 bits per heavy atom. The predicted molar refractivity (Wildman–Crippen MR) is 69.8 cm³/mol. The number of ether oxygens (including phenoxy) is 1. The minimum absolute atomic E-state index is 0.149. The highest BCUT2D eigenvalue weighted by Gasteiger charge is 2.05. The Bertz CT molecular complexity index is 473. The van der Waals surface area contributed by atoms with Crippen molar-refractivity contribution in [3.63, 3.8) is 0 Å². The van der Waals surface area contributed by atoms with E-state index >= 15 is 0 Å². The SMILES string of the molecule is OCCCn1nnnc1CCCOc1ccccc1. The van der Waals surface area contributed by atoms with Gasteiger partial charge in [0.2, 0.25) is 0 Å². The first-order valence-electron chi connectivity index (χ1n) is 6.44. The van der Waals surface area contributed by atoms with Crippen LogP contribution in [0.5, 0.6) is 5.75 Å². The van der Waals surface area contributed by atoms with Crippen LogP contribution in [0.1, 0.15) is 18.7 Å². The van der Waals surface area contributed by atoms with Crippen LogP contribution in [-0.2, 0) is 13.0 Å². The molecule has 1 aromatic carbocycles. The van der Waals surface area contributed by atoms with Crippen LogP contribution in [0.4, 0.5) is 0 Å². The molecule has 0 spiro atoms. The molecule has 2 rings (SSSR count). The van der Waals surface area contributed by atoms with E-state index in [0.717, 1.165) is 24.4 Å². The van der Waals surface area contributed by atoms with Crippen LogP contribution in [-0.4, -0.2) is 38.5 Å². The van der Waals surface area contributed by atoms with Crippen LogP contribution in [0.3, 0.4) is 0 Å². The average Bonchev–Trinajstić information content (AvgIpc) is 2.90. The zero-order valence-electron chi connectivity index (χ0n) is 10.8. The Morgan fingerprint density at radius 3 is 2.79 bits per heavy atom. The predicted octanol–water partition coefficient (Wildman–Crippen LogP) is 1.07.